The van der Waals surface area contributed by atoms with Crippen molar-refractivity contribution in [3.63, 3.8) is 0 Å². The molecule has 0 radical (unpaired) electrons. The van der Waals surface area contributed by atoms with Gasteiger partial charge in [-0.3, -0.25) is 0 Å². The molecule has 0 fully saturated rings. The van der Waals surface area contributed by atoms with E-state index in [2.05, 4.69) is 25.3 Å². The van der Waals surface area contributed by atoms with Gasteiger partial charge in [0.1, 0.15) is 18.1 Å². The fourth-order valence-electron chi connectivity index (χ4n) is 2.84. The zero-order chi connectivity index (χ0) is 20.9. The minimum absolute atomic E-state index is 0.00745. The number of hydrogen-bond donors (Lipinski definition) is 1. The second kappa shape index (κ2) is 8.43. The molecule has 2 N–H and O–H groups in total. The Morgan fingerprint density at radius 3 is 2.70 bits per heavy atom. The molecular weight excluding hydrogens is 388 g/mol. The number of nitrogen functional groups attached to an aromatic ring is 1. The number of anilines is 1. The SMILES string of the molecule is CCOC(=O)c1nnn(-c2nonc2N)c1-c1cccc(OCc2ccccc2)c1. The number of esters is 1. The summed E-state index contributed by atoms with van der Waals surface area (Å²) in [6.45, 7) is 2.30. The summed E-state index contributed by atoms with van der Waals surface area (Å²) in [5.41, 5.74) is 7.79. The van der Waals surface area contributed by atoms with Crippen molar-refractivity contribution in [2.75, 3.05) is 12.3 Å². The summed E-state index contributed by atoms with van der Waals surface area (Å²) >= 11 is 0. The van der Waals surface area contributed by atoms with Gasteiger partial charge in [0.15, 0.2) is 5.69 Å². The first-order valence-electron chi connectivity index (χ1n) is 9.15. The molecule has 0 saturated heterocycles. The Morgan fingerprint density at radius 1 is 1.13 bits per heavy atom. The first-order chi connectivity index (χ1) is 14.7. The molecule has 0 unspecified atom stereocenters. The van der Waals surface area contributed by atoms with Crippen LogP contribution < -0.4 is 10.5 Å². The molecular formula is C20H18N6O4. The van der Waals surface area contributed by atoms with Gasteiger partial charge in [0, 0.05) is 5.56 Å². The predicted octanol–water partition coefficient (Wildman–Crippen LogP) is 2.66. The summed E-state index contributed by atoms with van der Waals surface area (Å²) in [7, 11) is 0. The molecule has 0 bridgehead atoms. The molecule has 30 heavy (non-hydrogen) atoms. The van der Waals surface area contributed by atoms with E-state index in [0.29, 0.717) is 23.6 Å². The summed E-state index contributed by atoms with van der Waals surface area (Å²) in [5.74, 6) is 0.103. The molecule has 0 spiro atoms. The normalized spacial score (nSPS) is 10.7. The molecule has 10 nitrogen and oxygen atoms in total. The van der Waals surface area contributed by atoms with Gasteiger partial charge in [0.25, 0.3) is 0 Å². The van der Waals surface area contributed by atoms with Gasteiger partial charge >= 0.3 is 5.97 Å². The topological polar surface area (TPSA) is 131 Å². The number of carbonyl (C=O) groups excluding carboxylic acids is 1. The molecule has 0 atom stereocenters. The highest BCUT2D eigenvalue weighted by molar-refractivity contribution is 5.94. The van der Waals surface area contributed by atoms with Gasteiger partial charge < -0.3 is 15.2 Å². The van der Waals surface area contributed by atoms with Crippen LogP contribution in [0.1, 0.15) is 23.0 Å². The molecule has 4 rings (SSSR count). The second-order valence-electron chi connectivity index (χ2n) is 6.19. The lowest BCUT2D eigenvalue weighted by molar-refractivity contribution is 0.0520. The minimum atomic E-state index is -0.621. The summed E-state index contributed by atoms with van der Waals surface area (Å²) in [6, 6.07) is 17.0. The van der Waals surface area contributed by atoms with Crippen LogP contribution in [-0.4, -0.2) is 37.9 Å². The highest BCUT2D eigenvalue weighted by Crippen LogP contribution is 2.29. The van der Waals surface area contributed by atoms with Crippen LogP contribution in [0.25, 0.3) is 17.1 Å². The number of ether oxygens (including phenoxy) is 2. The van der Waals surface area contributed by atoms with E-state index in [4.69, 9.17) is 15.2 Å². The fourth-order valence-corrected chi connectivity index (χ4v) is 2.84. The zero-order valence-corrected chi connectivity index (χ0v) is 16.1. The van der Waals surface area contributed by atoms with E-state index in [1.165, 1.54) is 4.68 Å². The first-order valence-corrected chi connectivity index (χ1v) is 9.15. The largest absolute Gasteiger partial charge is 0.489 e. The lowest BCUT2D eigenvalue weighted by Gasteiger charge is -2.10. The molecule has 0 aliphatic heterocycles. The Kier molecular flexibility index (Phi) is 5.37. The van der Waals surface area contributed by atoms with Crippen LogP contribution >= 0.6 is 0 Å². The molecule has 0 amide bonds. The average Bonchev–Trinajstić information content (AvgIpc) is 3.39. The second-order valence-corrected chi connectivity index (χ2v) is 6.19. The van der Waals surface area contributed by atoms with Crippen molar-refractivity contribution in [2.45, 2.75) is 13.5 Å². The third-order valence-electron chi connectivity index (χ3n) is 4.19. The molecule has 0 saturated carbocycles. The van der Waals surface area contributed by atoms with Crippen LogP contribution in [0.15, 0.2) is 59.2 Å². The Morgan fingerprint density at radius 2 is 1.97 bits per heavy atom. The maximum absolute atomic E-state index is 12.4. The van der Waals surface area contributed by atoms with Gasteiger partial charge in [-0.2, -0.15) is 4.68 Å². The van der Waals surface area contributed by atoms with Crippen LogP contribution in [0.5, 0.6) is 5.75 Å². The molecule has 152 valence electrons. The zero-order valence-electron chi connectivity index (χ0n) is 16.1. The van der Waals surface area contributed by atoms with Crippen molar-refractivity contribution < 1.29 is 18.9 Å². The van der Waals surface area contributed by atoms with E-state index in [-0.39, 0.29) is 23.9 Å². The number of nitrogens with two attached hydrogens (primary N) is 1. The van der Waals surface area contributed by atoms with Crippen LogP contribution in [0.2, 0.25) is 0 Å². The summed E-state index contributed by atoms with van der Waals surface area (Å²) in [4.78, 5) is 12.4. The van der Waals surface area contributed by atoms with Crippen LogP contribution in [0.4, 0.5) is 5.82 Å². The number of hydrogen-bond acceptors (Lipinski definition) is 9. The van der Waals surface area contributed by atoms with Gasteiger partial charge in [0.2, 0.25) is 11.6 Å². The summed E-state index contributed by atoms with van der Waals surface area (Å²) in [5, 5.41) is 15.3. The van der Waals surface area contributed by atoms with Crippen molar-refractivity contribution in [2.24, 2.45) is 0 Å². The lowest BCUT2D eigenvalue weighted by atomic mass is 10.1. The van der Waals surface area contributed by atoms with Crippen molar-refractivity contribution in [3.8, 4) is 22.8 Å². The average molecular weight is 406 g/mol. The number of benzene rings is 2. The number of rotatable bonds is 7. The van der Waals surface area contributed by atoms with Gasteiger partial charge in [0.05, 0.1) is 6.61 Å². The van der Waals surface area contributed by atoms with Gasteiger partial charge in [-0.15, -0.1) is 5.10 Å². The van der Waals surface area contributed by atoms with Crippen molar-refractivity contribution in [3.05, 3.63) is 65.9 Å². The van der Waals surface area contributed by atoms with Crippen LogP contribution in [-0.2, 0) is 11.3 Å². The third kappa shape index (κ3) is 3.83. The molecule has 0 aliphatic carbocycles. The Bertz CT molecular complexity index is 1160. The van der Waals surface area contributed by atoms with Crippen molar-refractivity contribution in [1.82, 2.24) is 25.3 Å². The van der Waals surface area contributed by atoms with E-state index in [0.717, 1.165) is 5.56 Å². The van der Waals surface area contributed by atoms with Gasteiger partial charge in [-0.1, -0.05) is 47.7 Å². The molecule has 2 heterocycles. The number of aromatic nitrogens is 5. The molecule has 2 aromatic carbocycles. The van der Waals surface area contributed by atoms with Crippen LogP contribution in [0, 0.1) is 0 Å². The number of nitrogens with zero attached hydrogens (tertiary/aromatic N) is 5. The first kappa shape index (κ1) is 19.1. The minimum Gasteiger partial charge on any atom is -0.489 e. The van der Waals surface area contributed by atoms with E-state index < -0.39 is 5.97 Å². The molecule has 4 aromatic rings. The van der Waals surface area contributed by atoms with E-state index in [9.17, 15) is 4.79 Å². The highest BCUT2D eigenvalue weighted by Gasteiger charge is 2.26. The van der Waals surface area contributed by atoms with E-state index in [1.807, 2.05) is 36.4 Å². The maximum atomic E-state index is 12.4. The Balaban J connectivity index is 1.72. The number of carbonyl (C=O) groups is 1. The maximum Gasteiger partial charge on any atom is 0.361 e. The monoisotopic (exact) mass is 406 g/mol. The standard InChI is InChI=1S/C20H18N6O4/c1-2-28-20(27)16-17(26(25-22-16)19-18(21)23-30-24-19)14-9-6-10-15(11-14)29-12-13-7-4-3-5-8-13/h3-11H,2,12H2,1H3,(H2,21,23). The van der Waals surface area contributed by atoms with Crippen molar-refractivity contribution in [1.29, 1.82) is 0 Å². The van der Waals surface area contributed by atoms with E-state index in [1.54, 1.807) is 25.1 Å². The summed E-state index contributed by atoms with van der Waals surface area (Å²) in [6.07, 6.45) is 0. The quantitative estimate of drug-likeness (QED) is 0.460. The Hall–Kier alpha value is -4.21. The molecule has 0 aliphatic rings. The lowest BCUT2D eigenvalue weighted by Crippen LogP contribution is -2.09. The Labute approximate surface area is 171 Å². The van der Waals surface area contributed by atoms with Crippen LogP contribution in [0.3, 0.4) is 0 Å². The van der Waals surface area contributed by atoms with E-state index >= 15 is 0 Å². The van der Waals surface area contributed by atoms with Crippen molar-refractivity contribution >= 4 is 11.8 Å². The highest BCUT2D eigenvalue weighted by atomic mass is 16.6. The van der Waals surface area contributed by atoms with Gasteiger partial charge in [-0.25, -0.2) is 9.42 Å². The van der Waals surface area contributed by atoms with Gasteiger partial charge in [-0.05, 0) is 34.9 Å². The third-order valence-corrected chi connectivity index (χ3v) is 4.19. The molecule has 2 aromatic heterocycles. The molecule has 10 heteroatoms. The fraction of sp³-hybridized carbons (Fsp3) is 0.150. The summed E-state index contributed by atoms with van der Waals surface area (Å²) < 4.78 is 17.0. The predicted molar refractivity (Wildman–Crippen MR) is 106 cm³/mol. The smallest absolute Gasteiger partial charge is 0.361 e.